The maximum absolute atomic E-state index is 14.8. The molecule has 0 unspecified atom stereocenters. The van der Waals surface area contributed by atoms with Gasteiger partial charge < -0.3 is 20.1 Å². The maximum atomic E-state index is 14.8. The minimum atomic E-state index is -0.842. The van der Waals surface area contributed by atoms with Gasteiger partial charge in [-0.15, -0.1) is 0 Å². The highest BCUT2D eigenvalue weighted by Gasteiger charge is 2.17. The van der Waals surface area contributed by atoms with E-state index < -0.39 is 11.7 Å². The van der Waals surface area contributed by atoms with Gasteiger partial charge in [-0.1, -0.05) is 24.1 Å². The van der Waals surface area contributed by atoms with Crippen LogP contribution in [0.15, 0.2) is 73.0 Å². The number of benzene rings is 2. The Balaban J connectivity index is 1.34. The molecule has 0 aliphatic carbocycles. The zero-order valence-corrected chi connectivity index (χ0v) is 24.0. The van der Waals surface area contributed by atoms with Gasteiger partial charge in [0.25, 0.3) is 5.91 Å². The van der Waals surface area contributed by atoms with E-state index in [4.69, 9.17) is 21.1 Å². The SMILES string of the molecule is CCOc1cc2ncnc(Nc3ccc(OCc4ccccn4)c(Cl)c3)c2cc1NC(=O)/C(F)=C/CN1CCCCC1. The Morgan fingerprint density at radius 3 is 2.67 bits per heavy atom. The number of piperidine rings is 1. The summed E-state index contributed by atoms with van der Waals surface area (Å²) in [6.45, 7) is 4.68. The predicted molar refractivity (Wildman–Crippen MR) is 162 cm³/mol. The summed E-state index contributed by atoms with van der Waals surface area (Å²) in [6.07, 6.45) is 7.82. The molecule has 1 saturated heterocycles. The van der Waals surface area contributed by atoms with Crippen LogP contribution in [0.5, 0.6) is 11.5 Å². The highest BCUT2D eigenvalue weighted by Crippen LogP contribution is 2.35. The first-order chi connectivity index (χ1) is 20.5. The normalized spacial score (nSPS) is 14.0. The van der Waals surface area contributed by atoms with Crippen molar-refractivity contribution in [2.45, 2.75) is 32.8 Å². The smallest absolute Gasteiger partial charge is 0.284 e. The highest BCUT2D eigenvalue weighted by atomic mass is 35.5. The van der Waals surface area contributed by atoms with Crippen LogP contribution in [0.4, 0.5) is 21.6 Å². The van der Waals surface area contributed by atoms with Gasteiger partial charge in [-0.05, 0) is 75.3 Å². The molecule has 1 aliphatic heterocycles. The lowest BCUT2D eigenvalue weighted by Crippen LogP contribution is -2.30. The Kier molecular flexibility index (Phi) is 9.78. The number of halogens is 2. The van der Waals surface area contributed by atoms with Crippen molar-refractivity contribution in [2.24, 2.45) is 0 Å². The number of nitrogens with one attached hydrogen (secondary N) is 2. The molecule has 0 saturated carbocycles. The number of hydrogen-bond donors (Lipinski definition) is 2. The molecule has 0 radical (unpaired) electrons. The second-order valence-corrected chi connectivity index (χ2v) is 10.2. The Bertz CT molecular complexity index is 1560. The zero-order valence-electron chi connectivity index (χ0n) is 23.3. The minimum absolute atomic E-state index is 0.286. The van der Waals surface area contributed by atoms with Crippen LogP contribution in [-0.2, 0) is 11.4 Å². The van der Waals surface area contributed by atoms with E-state index in [1.54, 1.807) is 30.5 Å². The number of carbonyl (C=O) groups excluding carboxylic acids is 1. The van der Waals surface area contributed by atoms with Crippen LogP contribution in [-0.4, -0.2) is 52.0 Å². The lowest BCUT2D eigenvalue weighted by molar-refractivity contribution is -0.114. The number of rotatable bonds is 11. The molecule has 2 aromatic carbocycles. The second kappa shape index (κ2) is 14.1. The van der Waals surface area contributed by atoms with Crippen molar-refractivity contribution in [2.75, 3.05) is 36.9 Å². The van der Waals surface area contributed by atoms with E-state index in [9.17, 15) is 9.18 Å². The van der Waals surface area contributed by atoms with Gasteiger partial charge in [0.15, 0.2) is 5.83 Å². The first-order valence-electron chi connectivity index (χ1n) is 13.9. The molecule has 1 aliphatic rings. The molecule has 11 heteroatoms. The molecule has 218 valence electrons. The second-order valence-electron chi connectivity index (χ2n) is 9.77. The molecule has 42 heavy (non-hydrogen) atoms. The van der Waals surface area contributed by atoms with Crippen LogP contribution in [0, 0.1) is 0 Å². The Hall–Kier alpha value is -4.28. The highest BCUT2D eigenvalue weighted by molar-refractivity contribution is 6.32. The molecule has 3 heterocycles. The molecule has 1 amide bonds. The van der Waals surface area contributed by atoms with E-state index in [-0.39, 0.29) is 6.61 Å². The van der Waals surface area contributed by atoms with E-state index in [1.165, 1.54) is 18.8 Å². The number of anilines is 3. The summed E-state index contributed by atoms with van der Waals surface area (Å²) in [6, 6.07) is 14.3. The van der Waals surface area contributed by atoms with Crippen LogP contribution >= 0.6 is 11.6 Å². The summed E-state index contributed by atoms with van der Waals surface area (Å²) in [5.74, 6) is -0.318. The number of hydrogen-bond acceptors (Lipinski definition) is 8. The number of carbonyl (C=O) groups is 1. The van der Waals surface area contributed by atoms with E-state index in [0.29, 0.717) is 57.8 Å². The van der Waals surface area contributed by atoms with Crippen molar-refractivity contribution in [1.29, 1.82) is 0 Å². The standard InChI is InChI=1S/C31H32ClFN6O3/c1-2-41-29-18-26-23(17-27(29)38-31(40)25(33)11-15-39-13-6-3-7-14-39)30(36-20-35-26)37-21-9-10-28(24(32)16-21)42-19-22-8-4-5-12-34-22/h4-5,8-12,16-18,20H,2-3,6-7,13-15,19H2,1H3,(H,38,40)(H,35,36,37)/b25-11-. The number of aromatic nitrogens is 3. The van der Waals surface area contributed by atoms with Crippen LogP contribution in [0.3, 0.4) is 0 Å². The van der Waals surface area contributed by atoms with Gasteiger partial charge in [-0.25, -0.2) is 14.4 Å². The van der Waals surface area contributed by atoms with Crippen molar-refractivity contribution < 1.29 is 18.7 Å². The quantitative estimate of drug-likeness (QED) is 0.187. The Morgan fingerprint density at radius 1 is 1.05 bits per heavy atom. The first-order valence-corrected chi connectivity index (χ1v) is 14.3. The summed E-state index contributed by atoms with van der Waals surface area (Å²) in [7, 11) is 0. The van der Waals surface area contributed by atoms with Crippen molar-refractivity contribution in [3.8, 4) is 11.5 Å². The summed E-state index contributed by atoms with van der Waals surface area (Å²) in [5, 5.41) is 6.92. The van der Waals surface area contributed by atoms with Crippen LogP contribution in [0.25, 0.3) is 10.9 Å². The number of pyridine rings is 1. The van der Waals surface area contributed by atoms with Crippen molar-refractivity contribution in [3.63, 3.8) is 0 Å². The third-order valence-corrected chi connectivity index (χ3v) is 7.07. The van der Waals surface area contributed by atoms with E-state index >= 15 is 0 Å². The fraction of sp³-hybridized carbons (Fsp3) is 0.290. The Labute approximate surface area is 248 Å². The Morgan fingerprint density at radius 2 is 1.90 bits per heavy atom. The van der Waals surface area contributed by atoms with Gasteiger partial charge in [0.2, 0.25) is 0 Å². The van der Waals surface area contributed by atoms with Gasteiger partial charge in [0.1, 0.15) is 30.3 Å². The van der Waals surface area contributed by atoms with E-state index in [2.05, 4.69) is 30.5 Å². The van der Waals surface area contributed by atoms with Gasteiger partial charge in [0.05, 0.1) is 28.5 Å². The van der Waals surface area contributed by atoms with E-state index in [1.807, 2.05) is 31.2 Å². The number of ether oxygens (including phenoxy) is 2. The lowest BCUT2D eigenvalue weighted by atomic mass is 10.1. The fourth-order valence-electron chi connectivity index (χ4n) is 4.65. The van der Waals surface area contributed by atoms with Crippen molar-refractivity contribution >= 4 is 45.6 Å². The first kappa shape index (κ1) is 29.2. The molecule has 0 atom stereocenters. The molecule has 0 spiro atoms. The fourth-order valence-corrected chi connectivity index (χ4v) is 4.88. The van der Waals surface area contributed by atoms with Gasteiger partial charge in [0, 0.05) is 29.9 Å². The van der Waals surface area contributed by atoms with Gasteiger partial charge in [-0.2, -0.15) is 0 Å². The molecule has 2 N–H and O–H groups in total. The average molecular weight is 591 g/mol. The molecule has 0 bridgehead atoms. The number of nitrogens with zero attached hydrogens (tertiary/aromatic N) is 4. The summed E-state index contributed by atoms with van der Waals surface area (Å²) in [5.41, 5.74) is 2.34. The monoisotopic (exact) mass is 590 g/mol. The summed E-state index contributed by atoms with van der Waals surface area (Å²) < 4.78 is 26.3. The zero-order chi connectivity index (χ0) is 29.3. The maximum Gasteiger partial charge on any atom is 0.284 e. The molecule has 4 aromatic rings. The number of likely N-dealkylation sites (tertiary alicyclic amines) is 1. The summed E-state index contributed by atoms with van der Waals surface area (Å²) in [4.78, 5) is 27.9. The lowest BCUT2D eigenvalue weighted by Gasteiger charge is -2.24. The number of amides is 1. The molecule has 5 rings (SSSR count). The molecule has 9 nitrogen and oxygen atoms in total. The molecule has 1 fully saturated rings. The summed E-state index contributed by atoms with van der Waals surface area (Å²) >= 11 is 6.50. The number of fused-ring (bicyclic) bond motifs is 1. The molecule has 2 aromatic heterocycles. The molecular weight excluding hydrogens is 559 g/mol. The van der Waals surface area contributed by atoms with Crippen LogP contribution in [0.1, 0.15) is 31.9 Å². The predicted octanol–water partition coefficient (Wildman–Crippen LogP) is 6.68. The largest absolute Gasteiger partial charge is 0.492 e. The third kappa shape index (κ3) is 7.51. The average Bonchev–Trinajstić information content (AvgIpc) is 3.01. The topological polar surface area (TPSA) is 102 Å². The van der Waals surface area contributed by atoms with Crippen LogP contribution < -0.4 is 20.1 Å². The third-order valence-electron chi connectivity index (χ3n) is 6.78. The molecular formula is C31H32ClFN6O3. The minimum Gasteiger partial charge on any atom is -0.492 e. The van der Waals surface area contributed by atoms with Crippen LogP contribution in [0.2, 0.25) is 5.02 Å². The van der Waals surface area contributed by atoms with E-state index in [0.717, 1.165) is 31.6 Å². The van der Waals surface area contributed by atoms with Gasteiger partial charge >= 0.3 is 0 Å². The van der Waals surface area contributed by atoms with Gasteiger partial charge in [-0.3, -0.25) is 14.7 Å². The van der Waals surface area contributed by atoms with Crippen molar-refractivity contribution in [1.82, 2.24) is 19.9 Å². The van der Waals surface area contributed by atoms with Crippen molar-refractivity contribution in [3.05, 3.63) is 83.7 Å².